The van der Waals surface area contributed by atoms with Crippen LogP contribution in [0.3, 0.4) is 0 Å². The van der Waals surface area contributed by atoms with Gasteiger partial charge in [-0.15, -0.1) is 0 Å². The Kier molecular flexibility index (Phi) is 4.52. The molecule has 20 heavy (non-hydrogen) atoms. The predicted molar refractivity (Wildman–Crippen MR) is 87.2 cm³/mol. The predicted octanol–water partition coefficient (Wildman–Crippen LogP) is 4.88. The molecule has 106 valence electrons. The van der Waals surface area contributed by atoms with Crippen LogP contribution in [-0.2, 0) is 12.0 Å². The van der Waals surface area contributed by atoms with Crippen LogP contribution in [0.1, 0.15) is 43.4 Å². The van der Waals surface area contributed by atoms with Gasteiger partial charge in [-0.25, -0.2) is 0 Å². The fourth-order valence-corrected chi connectivity index (χ4v) is 2.82. The summed E-state index contributed by atoms with van der Waals surface area (Å²) in [6.07, 6.45) is 0.773. The zero-order valence-electron chi connectivity index (χ0n) is 12.4. The van der Waals surface area contributed by atoms with Crippen LogP contribution in [0.2, 0.25) is 5.02 Å². The molecule has 0 bridgehead atoms. The molecule has 0 saturated heterocycles. The molecule has 0 aliphatic rings. The molecule has 2 aromatic rings. The molecule has 0 radical (unpaired) electrons. The average molecular weight is 288 g/mol. The maximum absolute atomic E-state index is 6.48. The fraction of sp³-hybridized carbons (Fsp3) is 0.333. The van der Waals surface area contributed by atoms with E-state index in [1.165, 1.54) is 11.1 Å². The second-order valence-electron chi connectivity index (χ2n) is 5.97. The van der Waals surface area contributed by atoms with Gasteiger partial charge in [0.1, 0.15) is 0 Å². The van der Waals surface area contributed by atoms with E-state index in [4.69, 9.17) is 17.3 Å². The molecule has 0 heterocycles. The van der Waals surface area contributed by atoms with Crippen LogP contribution in [-0.4, -0.2) is 0 Å². The normalized spacial score (nSPS) is 14.3. The largest absolute Gasteiger partial charge is 0.321 e. The monoisotopic (exact) mass is 287 g/mol. The average Bonchev–Trinajstić information content (AvgIpc) is 2.39. The first-order valence-corrected chi connectivity index (χ1v) is 7.40. The Bertz CT molecular complexity index is 570. The van der Waals surface area contributed by atoms with Crippen molar-refractivity contribution < 1.29 is 0 Å². The first-order chi connectivity index (χ1) is 9.40. The number of halogens is 1. The smallest absolute Gasteiger partial charge is 0.0456 e. The van der Waals surface area contributed by atoms with E-state index < -0.39 is 5.54 Å². The Labute approximate surface area is 126 Å². The second kappa shape index (κ2) is 5.99. The molecule has 0 fully saturated rings. The molecule has 1 atom stereocenters. The quantitative estimate of drug-likeness (QED) is 0.852. The maximum Gasteiger partial charge on any atom is 0.0456 e. The second-order valence-corrected chi connectivity index (χ2v) is 6.38. The van der Waals surface area contributed by atoms with Gasteiger partial charge in [0, 0.05) is 10.6 Å². The molecular weight excluding hydrogens is 266 g/mol. The van der Waals surface area contributed by atoms with Gasteiger partial charge < -0.3 is 5.73 Å². The third-order valence-corrected chi connectivity index (χ3v) is 4.04. The minimum atomic E-state index is -0.461. The Balaban J connectivity index is 2.22. The third-order valence-electron chi connectivity index (χ3n) is 3.71. The SMILES string of the molecule is CC(C)c1ccc(CC(C)(N)c2ccccc2Cl)cc1. The zero-order valence-corrected chi connectivity index (χ0v) is 13.1. The van der Waals surface area contributed by atoms with E-state index >= 15 is 0 Å². The molecule has 2 N–H and O–H groups in total. The summed E-state index contributed by atoms with van der Waals surface area (Å²) in [7, 11) is 0. The standard InChI is InChI=1S/C18H22ClN/c1-13(2)15-10-8-14(9-11-15)12-18(3,20)16-6-4-5-7-17(16)19/h4-11,13H,12,20H2,1-3H3. The zero-order chi connectivity index (χ0) is 14.8. The van der Waals surface area contributed by atoms with E-state index in [2.05, 4.69) is 38.1 Å². The first-order valence-electron chi connectivity index (χ1n) is 7.03. The number of hydrogen-bond acceptors (Lipinski definition) is 1. The molecule has 0 saturated carbocycles. The van der Waals surface area contributed by atoms with E-state index in [0.29, 0.717) is 5.92 Å². The van der Waals surface area contributed by atoms with Gasteiger partial charge in [-0.2, -0.15) is 0 Å². The molecule has 0 aliphatic carbocycles. The summed E-state index contributed by atoms with van der Waals surface area (Å²) in [6, 6.07) is 16.5. The summed E-state index contributed by atoms with van der Waals surface area (Å²) in [5, 5.41) is 0.733. The number of rotatable bonds is 4. The van der Waals surface area contributed by atoms with E-state index in [9.17, 15) is 0 Å². The lowest BCUT2D eigenvalue weighted by Crippen LogP contribution is -2.35. The highest BCUT2D eigenvalue weighted by Gasteiger charge is 2.24. The van der Waals surface area contributed by atoms with Crippen molar-refractivity contribution in [2.75, 3.05) is 0 Å². The summed E-state index contributed by atoms with van der Waals surface area (Å²) < 4.78 is 0. The highest BCUT2D eigenvalue weighted by molar-refractivity contribution is 6.31. The van der Waals surface area contributed by atoms with Gasteiger partial charge >= 0.3 is 0 Å². The lowest BCUT2D eigenvalue weighted by molar-refractivity contribution is 0.491. The number of benzene rings is 2. The van der Waals surface area contributed by atoms with Crippen LogP contribution in [0.15, 0.2) is 48.5 Å². The van der Waals surface area contributed by atoms with Crippen LogP contribution in [0, 0.1) is 0 Å². The molecule has 2 rings (SSSR count). The highest BCUT2D eigenvalue weighted by atomic mass is 35.5. The van der Waals surface area contributed by atoms with Crippen molar-refractivity contribution in [1.82, 2.24) is 0 Å². The van der Waals surface area contributed by atoms with Crippen molar-refractivity contribution in [2.45, 2.75) is 38.6 Å². The molecule has 0 aromatic heterocycles. The summed E-state index contributed by atoms with van der Waals surface area (Å²) >= 11 is 6.26. The molecule has 0 aliphatic heterocycles. The van der Waals surface area contributed by atoms with Crippen LogP contribution < -0.4 is 5.73 Å². The Morgan fingerprint density at radius 3 is 2.20 bits per heavy atom. The maximum atomic E-state index is 6.48. The van der Waals surface area contributed by atoms with Crippen LogP contribution in [0.25, 0.3) is 0 Å². The van der Waals surface area contributed by atoms with E-state index in [0.717, 1.165) is 17.0 Å². The van der Waals surface area contributed by atoms with Gasteiger partial charge in [-0.1, -0.05) is 67.9 Å². The van der Waals surface area contributed by atoms with Crippen molar-refractivity contribution in [3.05, 3.63) is 70.2 Å². The van der Waals surface area contributed by atoms with E-state index in [1.807, 2.05) is 31.2 Å². The van der Waals surface area contributed by atoms with Crippen LogP contribution in [0.4, 0.5) is 0 Å². The molecule has 1 unspecified atom stereocenters. The summed E-state index contributed by atoms with van der Waals surface area (Å²) in [4.78, 5) is 0. The molecule has 0 amide bonds. The summed E-state index contributed by atoms with van der Waals surface area (Å²) in [5.41, 5.74) is 9.61. The molecule has 0 spiro atoms. The lowest BCUT2D eigenvalue weighted by atomic mass is 9.86. The first kappa shape index (κ1) is 15.1. The number of hydrogen-bond donors (Lipinski definition) is 1. The Hall–Kier alpha value is -1.31. The molecular formula is C18H22ClN. The van der Waals surface area contributed by atoms with Gasteiger partial charge in [0.2, 0.25) is 0 Å². The van der Waals surface area contributed by atoms with Gasteiger partial charge in [0.15, 0.2) is 0 Å². The van der Waals surface area contributed by atoms with Crippen molar-refractivity contribution in [2.24, 2.45) is 5.73 Å². The lowest BCUT2D eigenvalue weighted by Gasteiger charge is -2.26. The Morgan fingerprint density at radius 2 is 1.65 bits per heavy atom. The van der Waals surface area contributed by atoms with Gasteiger partial charge in [0.05, 0.1) is 0 Å². The minimum Gasteiger partial charge on any atom is -0.321 e. The van der Waals surface area contributed by atoms with Gasteiger partial charge in [0.25, 0.3) is 0 Å². The molecule has 2 aromatic carbocycles. The molecule has 1 nitrogen and oxygen atoms in total. The summed E-state index contributed by atoms with van der Waals surface area (Å²) in [6.45, 7) is 6.43. The van der Waals surface area contributed by atoms with E-state index in [-0.39, 0.29) is 0 Å². The highest BCUT2D eigenvalue weighted by Crippen LogP contribution is 2.29. The van der Waals surface area contributed by atoms with Gasteiger partial charge in [-0.05, 0) is 42.0 Å². The van der Waals surface area contributed by atoms with Crippen LogP contribution >= 0.6 is 11.6 Å². The van der Waals surface area contributed by atoms with Crippen molar-refractivity contribution in [3.8, 4) is 0 Å². The van der Waals surface area contributed by atoms with E-state index in [1.54, 1.807) is 0 Å². The minimum absolute atomic E-state index is 0.461. The fourth-order valence-electron chi connectivity index (χ4n) is 2.46. The number of nitrogens with two attached hydrogens (primary N) is 1. The van der Waals surface area contributed by atoms with Crippen molar-refractivity contribution >= 4 is 11.6 Å². The third kappa shape index (κ3) is 3.41. The van der Waals surface area contributed by atoms with Crippen molar-refractivity contribution in [1.29, 1.82) is 0 Å². The Morgan fingerprint density at radius 1 is 1.05 bits per heavy atom. The van der Waals surface area contributed by atoms with Gasteiger partial charge in [-0.3, -0.25) is 0 Å². The van der Waals surface area contributed by atoms with Crippen LogP contribution in [0.5, 0.6) is 0 Å². The van der Waals surface area contributed by atoms with Crippen molar-refractivity contribution in [3.63, 3.8) is 0 Å². The topological polar surface area (TPSA) is 26.0 Å². The summed E-state index contributed by atoms with van der Waals surface area (Å²) in [5.74, 6) is 0.553. The molecule has 2 heteroatoms.